The number of nitrogens with zero attached hydrogens (tertiary/aromatic N) is 1. The van der Waals surface area contributed by atoms with Crippen molar-refractivity contribution in [1.29, 1.82) is 0 Å². The molecule has 0 fully saturated rings. The molecule has 0 spiro atoms. The Labute approximate surface area is 160 Å². The highest BCUT2D eigenvalue weighted by Gasteiger charge is 2.29. The van der Waals surface area contributed by atoms with Gasteiger partial charge in [0.2, 0.25) is 0 Å². The van der Waals surface area contributed by atoms with E-state index in [-0.39, 0.29) is 11.4 Å². The van der Waals surface area contributed by atoms with Crippen LogP contribution in [0.15, 0.2) is 54.6 Å². The van der Waals surface area contributed by atoms with Crippen LogP contribution in [0, 0.1) is 10.1 Å². The first-order valence-electron chi connectivity index (χ1n) is 9.29. The van der Waals surface area contributed by atoms with Crippen molar-refractivity contribution in [3.05, 3.63) is 64.7 Å². The zero-order chi connectivity index (χ0) is 19.5. The van der Waals surface area contributed by atoms with Gasteiger partial charge in [-0.05, 0) is 30.7 Å². The van der Waals surface area contributed by atoms with E-state index >= 15 is 0 Å². The number of benzene rings is 2. The molecule has 0 bridgehead atoms. The lowest BCUT2D eigenvalue weighted by Crippen LogP contribution is -2.13. The molecule has 0 saturated carbocycles. The van der Waals surface area contributed by atoms with Crippen molar-refractivity contribution in [2.45, 2.75) is 45.4 Å². The summed E-state index contributed by atoms with van der Waals surface area (Å²) < 4.78 is 24.7. The van der Waals surface area contributed by atoms with Crippen LogP contribution in [0.25, 0.3) is 0 Å². The van der Waals surface area contributed by atoms with Crippen molar-refractivity contribution in [2.24, 2.45) is 0 Å². The predicted molar refractivity (Wildman–Crippen MR) is 107 cm³/mol. The van der Waals surface area contributed by atoms with Gasteiger partial charge in [-0.1, -0.05) is 57.2 Å². The highest BCUT2D eigenvalue weighted by molar-refractivity contribution is 7.62. The number of nitro benzene ring substituents is 1. The second kappa shape index (κ2) is 10.9. The van der Waals surface area contributed by atoms with Crippen LogP contribution in [0.3, 0.4) is 0 Å². The minimum absolute atomic E-state index is 0.0510. The lowest BCUT2D eigenvalue weighted by molar-refractivity contribution is -0.384. The van der Waals surface area contributed by atoms with Gasteiger partial charge in [0.15, 0.2) is 0 Å². The van der Waals surface area contributed by atoms with Crippen LogP contribution in [-0.4, -0.2) is 11.5 Å². The van der Waals surface area contributed by atoms with Crippen LogP contribution >= 0.6 is 7.60 Å². The molecule has 2 aromatic rings. The van der Waals surface area contributed by atoms with Crippen molar-refractivity contribution in [1.82, 2.24) is 0 Å². The zero-order valence-electron chi connectivity index (χ0n) is 15.6. The Morgan fingerprint density at radius 1 is 0.926 bits per heavy atom. The molecule has 146 valence electrons. The summed E-state index contributed by atoms with van der Waals surface area (Å²) >= 11 is 0. The highest BCUT2D eigenvalue weighted by atomic mass is 31.2. The maximum Gasteiger partial charge on any atom is 0.410 e. The Morgan fingerprint density at radius 3 is 2.19 bits per heavy atom. The molecule has 0 N–H and O–H groups in total. The van der Waals surface area contributed by atoms with Crippen molar-refractivity contribution < 1.29 is 18.5 Å². The van der Waals surface area contributed by atoms with Gasteiger partial charge < -0.3 is 4.52 Å². The number of non-ortho nitro benzene ring substituents is 1. The van der Waals surface area contributed by atoms with Gasteiger partial charge in [-0.25, -0.2) is 4.57 Å². The van der Waals surface area contributed by atoms with E-state index in [2.05, 4.69) is 6.92 Å². The second-order valence-corrected chi connectivity index (χ2v) is 8.23. The highest BCUT2D eigenvalue weighted by Crippen LogP contribution is 2.47. The topological polar surface area (TPSA) is 78.7 Å². The normalized spacial score (nSPS) is 13.1. The number of hydrogen-bond acceptors (Lipinski definition) is 5. The van der Waals surface area contributed by atoms with Crippen LogP contribution in [-0.2, 0) is 9.09 Å². The molecule has 27 heavy (non-hydrogen) atoms. The lowest BCUT2D eigenvalue weighted by atomic mass is 10.1. The first kappa shape index (κ1) is 21.1. The SMILES string of the molecule is CCCCCCCCOP(=O)(Oc1ccc([N+](=O)[O-])cc1)c1ccccc1. The summed E-state index contributed by atoms with van der Waals surface area (Å²) in [6.07, 6.45) is 6.59. The smallest absolute Gasteiger partial charge is 0.410 e. The van der Waals surface area contributed by atoms with Gasteiger partial charge in [-0.3, -0.25) is 14.6 Å². The molecule has 1 atom stereocenters. The molecule has 0 heterocycles. The van der Waals surface area contributed by atoms with Crippen LogP contribution in [0.2, 0.25) is 0 Å². The zero-order valence-corrected chi connectivity index (χ0v) is 16.5. The average Bonchev–Trinajstić information content (AvgIpc) is 2.68. The molecule has 0 aliphatic carbocycles. The lowest BCUT2D eigenvalue weighted by Gasteiger charge is -2.19. The Balaban J connectivity index is 2.02. The molecule has 6 nitrogen and oxygen atoms in total. The molecular formula is C20H26NO5P. The van der Waals surface area contributed by atoms with E-state index in [1.54, 1.807) is 24.3 Å². The van der Waals surface area contributed by atoms with Gasteiger partial charge in [0, 0.05) is 12.1 Å². The average molecular weight is 391 g/mol. The maximum atomic E-state index is 13.4. The number of unbranched alkanes of at least 4 members (excludes halogenated alkanes) is 5. The third-order valence-electron chi connectivity index (χ3n) is 4.10. The number of rotatable bonds is 12. The Bertz CT molecular complexity index is 749. The van der Waals surface area contributed by atoms with Gasteiger partial charge in [0.05, 0.1) is 16.8 Å². The standard InChI is InChI=1S/C20H26NO5P/c1-2-3-4-5-6-10-17-25-27(24,20-11-8-7-9-12-20)26-19-15-13-18(14-16-19)21(22)23/h7-9,11-16H,2-6,10,17H2,1H3. The minimum atomic E-state index is -3.56. The first-order valence-corrected chi connectivity index (χ1v) is 10.8. The molecule has 1 unspecified atom stereocenters. The number of hydrogen-bond donors (Lipinski definition) is 0. The van der Waals surface area contributed by atoms with E-state index in [0.717, 1.165) is 19.3 Å². The summed E-state index contributed by atoms with van der Waals surface area (Å²) in [5, 5.41) is 11.2. The van der Waals surface area contributed by atoms with Crippen LogP contribution < -0.4 is 9.83 Å². The van der Waals surface area contributed by atoms with E-state index in [1.165, 1.54) is 43.5 Å². The molecule has 0 saturated heterocycles. The van der Waals surface area contributed by atoms with E-state index in [4.69, 9.17) is 9.05 Å². The fraction of sp³-hybridized carbons (Fsp3) is 0.400. The number of nitro groups is 1. The third kappa shape index (κ3) is 6.81. The first-order chi connectivity index (χ1) is 13.0. The van der Waals surface area contributed by atoms with Gasteiger partial charge in [0.25, 0.3) is 5.69 Å². The molecule has 0 aliphatic rings. The van der Waals surface area contributed by atoms with Gasteiger partial charge in [-0.2, -0.15) is 0 Å². The second-order valence-electron chi connectivity index (χ2n) is 6.28. The summed E-state index contributed by atoms with van der Waals surface area (Å²) in [5.74, 6) is 0.274. The van der Waals surface area contributed by atoms with Crippen LogP contribution in [0.4, 0.5) is 5.69 Å². The third-order valence-corrected chi connectivity index (χ3v) is 6.01. The summed E-state index contributed by atoms with van der Waals surface area (Å²) in [4.78, 5) is 10.3. The van der Waals surface area contributed by atoms with Crippen LogP contribution in [0.5, 0.6) is 5.75 Å². The molecular weight excluding hydrogens is 365 g/mol. The summed E-state index contributed by atoms with van der Waals surface area (Å²) in [7, 11) is -3.56. The largest absolute Gasteiger partial charge is 0.421 e. The Kier molecular flexibility index (Phi) is 8.49. The predicted octanol–water partition coefficient (Wildman–Crippen LogP) is 5.87. The van der Waals surface area contributed by atoms with Crippen LogP contribution in [0.1, 0.15) is 45.4 Å². The van der Waals surface area contributed by atoms with Crippen molar-refractivity contribution >= 4 is 18.6 Å². The van der Waals surface area contributed by atoms with Crippen molar-refractivity contribution in [2.75, 3.05) is 6.61 Å². The fourth-order valence-electron chi connectivity index (χ4n) is 2.60. The molecule has 0 aromatic heterocycles. The van der Waals surface area contributed by atoms with E-state index in [9.17, 15) is 14.7 Å². The summed E-state index contributed by atoms with van der Waals surface area (Å²) in [5.41, 5.74) is -0.0510. The molecule has 0 radical (unpaired) electrons. The van der Waals surface area contributed by atoms with E-state index in [0.29, 0.717) is 11.9 Å². The molecule has 2 rings (SSSR count). The van der Waals surface area contributed by atoms with Gasteiger partial charge in [-0.15, -0.1) is 0 Å². The quantitative estimate of drug-likeness (QED) is 0.196. The van der Waals surface area contributed by atoms with Gasteiger partial charge in [0.1, 0.15) is 5.75 Å². The maximum absolute atomic E-state index is 13.4. The summed E-state index contributed by atoms with van der Waals surface area (Å²) in [6, 6.07) is 14.3. The molecule has 0 amide bonds. The Hall–Kier alpha value is -2.17. The van der Waals surface area contributed by atoms with Crippen molar-refractivity contribution in [3.63, 3.8) is 0 Å². The molecule has 2 aromatic carbocycles. The van der Waals surface area contributed by atoms with Gasteiger partial charge >= 0.3 is 7.60 Å². The molecule has 7 heteroatoms. The van der Waals surface area contributed by atoms with E-state index in [1.807, 2.05) is 6.07 Å². The minimum Gasteiger partial charge on any atom is -0.421 e. The Morgan fingerprint density at radius 2 is 1.56 bits per heavy atom. The summed E-state index contributed by atoms with van der Waals surface area (Å²) in [6.45, 7) is 2.51. The fourth-order valence-corrected chi connectivity index (χ4v) is 4.21. The monoisotopic (exact) mass is 391 g/mol. The van der Waals surface area contributed by atoms with Crippen molar-refractivity contribution in [3.8, 4) is 5.75 Å². The molecule has 0 aliphatic heterocycles. The van der Waals surface area contributed by atoms with E-state index < -0.39 is 12.5 Å².